The second-order valence-electron chi connectivity index (χ2n) is 5.50. The summed E-state index contributed by atoms with van der Waals surface area (Å²) >= 11 is 1.37. The second-order valence-corrected chi connectivity index (χ2v) is 6.44. The van der Waals surface area contributed by atoms with E-state index in [1.807, 2.05) is 24.3 Å². The first-order valence-electron chi connectivity index (χ1n) is 7.99. The summed E-state index contributed by atoms with van der Waals surface area (Å²) in [6.45, 7) is 0. The third-order valence-corrected chi connectivity index (χ3v) is 4.56. The van der Waals surface area contributed by atoms with Gasteiger partial charge in [0.1, 0.15) is 11.6 Å². The van der Waals surface area contributed by atoms with E-state index in [4.69, 9.17) is 9.26 Å². The highest BCUT2D eigenvalue weighted by atomic mass is 32.2. The predicted octanol–water partition coefficient (Wildman–Crippen LogP) is 3.96. The van der Waals surface area contributed by atoms with Gasteiger partial charge in [-0.2, -0.15) is 4.98 Å². The number of rotatable bonds is 6. The average Bonchev–Trinajstić information content (AvgIpc) is 3.37. The summed E-state index contributed by atoms with van der Waals surface area (Å²) in [5.41, 5.74) is 1.60. The second kappa shape index (κ2) is 7.58. The molecule has 9 heteroatoms. The molecule has 0 aliphatic rings. The number of hydrogen-bond acceptors (Lipinski definition) is 7. The van der Waals surface area contributed by atoms with Crippen LogP contribution in [0.25, 0.3) is 22.8 Å². The fraction of sp³-hybridized carbons (Fsp3) is 0.111. The van der Waals surface area contributed by atoms with Crippen molar-refractivity contribution in [1.29, 1.82) is 0 Å². The molecule has 2 aromatic carbocycles. The van der Waals surface area contributed by atoms with Crippen LogP contribution in [-0.2, 0) is 5.75 Å². The van der Waals surface area contributed by atoms with E-state index in [1.165, 1.54) is 23.9 Å². The molecule has 0 bridgehead atoms. The van der Waals surface area contributed by atoms with Crippen molar-refractivity contribution in [2.45, 2.75) is 10.9 Å². The Labute approximate surface area is 158 Å². The first-order chi connectivity index (χ1) is 13.2. The topological polar surface area (TPSA) is 89.7 Å². The molecule has 0 saturated heterocycles. The Kier molecular flexibility index (Phi) is 4.84. The molecule has 0 spiro atoms. The lowest BCUT2D eigenvalue weighted by Crippen LogP contribution is -1.85. The number of aromatic nitrogens is 5. The van der Waals surface area contributed by atoms with Gasteiger partial charge in [-0.1, -0.05) is 16.9 Å². The van der Waals surface area contributed by atoms with Crippen molar-refractivity contribution in [2.75, 3.05) is 7.11 Å². The first-order valence-corrected chi connectivity index (χ1v) is 8.98. The van der Waals surface area contributed by atoms with Gasteiger partial charge >= 0.3 is 0 Å². The van der Waals surface area contributed by atoms with Crippen LogP contribution in [0.2, 0.25) is 0 Å². The number of halogens is 1. The predicted molar refractivity (Wildman–Crippen MR) is 97.6 cm³/mol. The molecule has 1 N–H and O–H groups in total. The highest BCUT2D eigenvalue weighted by Crippen LogP contribution is 2.24. The van der Waals surface area contributed by atoms with Crippen LogP contribution in [0.4, 0.5) is 4.39 Å². The summed E-state index contributed by atoms with van der Waals surface area (Å²) in [5.74, 6) is 2.41. The summed E-state index contributed by atoms with van der Waals surface area (Å²) < 4.78 is 23.4. The quantitative estimate of drug-likeness (QED) is 0.504. The van der Waals surface area contributed by atoms with E-state index in [1.54, 1.807) is 19.2 Å². The molecule has 0 aliphatic carbocycles. The first kappa shape index (κ1) is 17.2. The van der Waals surface area contributed by atoms with Crippen molar-refractivity contribution < 1.29 is 13.7 Å². The van der Waals surface area contributed by atoms with Crippen molar-refractivity contribution in [3.8, 4) is 28.5 Å². The molecule has 2 heterocycles. The van der Waals surface area contributed by atoms with E-state index in [0.29, 0.717) is 34.0 Å². The highest BCUT2D eigenvalue weighted by Gasteiger charge is 2.12. The van der Waals surface area contributed by atoms with E-state index in [9.17, 15) is 4.39 Å². The lowest BCUT2D eigenvalue weighted by atomic mass is 10.2. The Bertz CT molecular complexity index is 1030. The molecule has 0 aliphatic heterocycles. The molecular formula is C18H14FN5O2S. The van der Waals surface area contributed by atoms with Crippen LogP contribution in [-0.4, -0.2) is 32.4 Å². The van der Waals surface area contributed by atoms with Gasteiger partial charge in [0.05, 0.1) is 12.9 Å². The minimum Gasteiger partial charge on any atom is -0.497 e. The van der Waals surface area contributed by atoms with E-state index in [0.717, 1.165) is 11.3 Å². The van der Waals surface area contributed by atoms with Crippen molar-refractivity contribution in [1.82, 2.24) is 25.3 Å². The lowest BCUT2D eigenvalue weighted by molar-refractivity contribution is 0.391. The molecule has 4 rings (SSSR count). The Balaban J connectivity index is 1.40. The van der Waals surface area contributed by atoms with Gasteiger partial charge in [0.15, 0.2) is 5.82 Å². The molecule has 0 unspecified atom stereocenters. The zero-order chi connectivity index (χ0) is 18.6. The largest absolute Gasteiger partial charge is 0.497 e. The van der Waals surface area contributed by atoms with Crippen molar-refractivity contribution >= 4 is 11.8 Å². The number of nitrogens with zero attached hydrogens (tertiary/aromatic N) is 4. The molecule has 0 radical (unpaired) electrons. The molecule has 0 atom stereocenters. The van der Waals surface area contributed by atoms with E-state index in [2.05, 4.69) is 25.3 Å². The third kappa shape index (κ3) is 3.98. The van der Waals surface area contributed by atoms with Gasteiger partial charge in [0.2, 0.25) is 16.9 Å². The SMILES string of the molecule is COc1ccc(-c2nc(SCc3nc(-c4ccc(F)cc4)no3)n[nH]2)cc1. The minimum atomic E-state index is -0.310. The van der Waals surface area contributed by atoms with Crippen LogP contribution in [0.1, 0.15) is 5.89 Å². The number of benzene rings is 2. The van der Waals surface area contributed by atoms with Crippen molar-refractivity contribution in [3.05, 3.63) is 60.2 Å². The van der Waals surface area contributed by atoms with Gasteiger partial charge in [0.25, 0.3) is 0 Å². The van der Waals surface area contributed by atoms with Gasteiger partial charge in [-0.05, 0) is 48.5 Å². The average molecular weight is 383 g/mol. The molecule has 27 heavy (non-hydrogen) atoms. The number of aromatic amines is 1. The van der Waals surface area contributed by atoms with E-state index >= 15 is 0 Å². The lowest BCUT2D eigenvalue weighted by Gasteiger charge is -1.99. The maximum Gasteiger partial charge on any atom is 0.237 e. The molecule has 0 fully saturated rings. The van der Waals surface area contributed by atoms with Gasteiger partial charge < -0.3 is 9.26 Å². The van der Waals surface area contributed by atoms with Gasteiger partial charge in [-0.25, -0.2) is 9.37 Å². The van der Waals surface area contributed by atoms with E-state index in [-0.39, 0.29) is 5.82 Å². The minimum absolute atomic E-state index is 0.310. The number of thioether (sulfide) groups is 1. The van der Waals surface area contributed by atoms with Crippen molar-refractivity contribution in [3.63, 3.8) is 0 Å². The monoisotopic (exact) mass is 383 g/mol. The summed E-state index contributed by atoms with van der Waals surface area (Å²) in [6.07, 6.45) is 0. The molecule has 0 amide bonds. The maximum absolute atomic E-state index is 13.0. The van der Waals surface area contributed by atoms with Gasteiger partial charge in [-0.15, -0.1) is 5.10 Å². The van der Waals surface area contributed by atoms with Gasteiger partial charge in [0, 0.05) is 11.1 Å². The molecular weight excluding hydrogens is 369 g/mol. The molecule has 4 aromatic rings. The fourth-order valence-electron chi connectivity index (χ4n) is 2.34. The number of methoxy groups -OCH3 is 1. The highest BCUT2D eigenvalue weighted by molar-refractivity contribution is 7.98. The van der Waals surface area contributed by atoms with Crippen molar-refractivity contribution in [2.24, 2.45) is 0 Å². The summed E-state index contributed by atoms with van der Waals surface area (Å²) in [7, 11) is 1.62. The zero-order valence-corrected chi connectivity index (χ0v) is 15.0. The summed E-state index contributed by atoms with van der Waals surface area (Å²) in [5, 5.41) is 11.6. The standard InChI is InChI=1S/C18H14FN5O2S/c1-25-14-8-4-11(5-9-14)16-21-18(23-22-16)27-10-15-20-17(24-26-15)12-2-6-13(19)7-3-12/h2-9H,10H2,1H3,(H,21,22,23). The van der Waals surface area contributed by atoms with Gasteiger partial charge in [-0.3, -0.25) is 5.10 Å². The third-order valence-electron chi connectivity index (χ3n) is 3.72. The van der Waals surface area contributed by atoms with Crippen LogP contribution >= 0.6 is 11.8 Å². The van der Waals surface area contributed by atoms with Crippen LogP contribution in [0, 0.1) is 5.82 Å². The molecule has 136 valence electrons. The molecule has 2 aromatic heterocycles. The molecule has 7 nitrogen and oxygen atoms in total. The van der Waals surface area contributed by atoms with Crippen LogP contribution in [0.5, 0.6) is 5.75 Å². The molecule has 0 saturated carbocycles. The summed E-state index contributed by atoms with van der Waals surface area (Å²) in [4.78, 5) is 8.76. The number of nitrogens with one attached hydrogen (secondary N) is 1. The number of H-pyrrole nitrogens is 1. The Morgan fingerprint density at radius 3 is 2.52 bits per heavy atom. The normalized spacial score (nSPS) is 10.9. The van der Waals surface area contributed by atoms with Crippen LogP contribution in [0.3, 0.4) is 0 Å². The summed E-state index contributed by atoms with van der Waals surface area (Å²) in [6, 6.07) is 13.5. The fourth-order valence-corrected chi connectivity index (χ4v) is 2.98. The van der Waals surface area contributed by atoms with Crippen LogP contribution < -0.4 is 4.74 Å². The number of hydrogen-bond donors (Lipinski definition) is 1. The zero-order valence-electron chi connectivity index (χ0n) is 14.2. The Morgan fingerprint density at radius 1 is 1.04 bits per heavy atom. The Morgan fingerprint density at radius 2 is 1.78 bits per heavy atom. The van der Waals surface area contributed by atoms with Crippen LogP contribution in [0.15, 0.2) is 58.2 Å². The Hall–Kier alpha value is -3.20. The number of ether oxygens (including phenoxy) is 1. The smallest absolute Gasteiger partial charge is 0.237 e. The maximum atomic E-state index is 13.0. The van der Waals surface area contributed by atoms with E-state index < -0.39 is 0 Å².